The molecule has 0 saturated carbocycles. The molecular formula is C23H32ClN5O5S2. The fraction of sp³-hybridized carbons (Fsp3) is 0.609. The van der Waals surface area contributed by atoms with Gasteiger partial charge in [-0.1, -0.05) is 11.6 Å². The van der Waals surface area contributed by atoms with E-state index >= 15 is 0 Å². The summed E-state index contributed by atoms with van der Waals surface area (Å²) in [5, 5.41) is 2.90. The van der Waals surface area contributed by atoms with Crippen LogP contribution in [-0.2, 0) is 24.4 Å². The van der Waals surface area contributed by atoms with Gasteiger partial charge in [0.15, 0.2) is 0 Å². The van der Waals surface area contributed by atoms with Crippen molar-refractivity contribution in [3.63, 3.8) is 0 Å². The van der Waals surface area contributed by atoms with Crippen molar-refractivity contribution < 1.29 is 22.8 Å². The third kappa shape index (κ3) is 6.28. The molecule has 1 aromatic heterocycles. The number of rotatable bonds is 8. The van der Waals surface area contributed by atoms with Crippen LogP contribution in [0.2, 0.25) is 4.34 Å². The largest absolute Gasteiger partial charge is 0.332 e. The molecule has 3 fully saturated rings. The summed E-state index contributed by atoms with van der Waals surface area (Å²) in [6, 6.07) is 2.43. The summed E-state index contributed by atoms with van der Waals surface area (Å²) in [6.45, 7) is 3.98. The highest BCUT2D eigenvalue weighted by Gasteiger charge is 2.47. The molecule has 4 heterocycles. The minimum absolute atomic E-state index is 0.187. The normalized spacial score (nSPS) is 25.7. The van der Waals surface area contributed by atoms with E-state index in [9.17, 15) is 22.8 Å². The molecule has 10 nitrogen and oxygen atoms in total. The second-order valence-electron chi connectivity index (χ2n) is 9.62. The SMILES string of the molecule is C[C@@]1(C(=O)NN2CCCC2)CCCN1C(=O)CN1CCC[C@H](NS(=O)(=O)/C=C/c2ccc(Cl)s2)C1=O. The Labute approximate surface area is 220 Å². The predicted molar refractivity (Wildman–Crippen MR) is 138 cm³/mol. The fourth-order valence-corrected chi connectivity index (χ4v) is 7.03. The van der Waals surface area contributed by atoms with Crippen molar-refractivity contribution in [2.45, 2.75) is 57.0 Å². The van der Waals surface area contributed by atoms with Gasteiger partial charge in [-0.3, -0.25) is 19.8 Å². The van der Waals surface area contributed by atoms with Crippen molar-refractivity contribution in [3.8, 4) is 0 Å². The lowest BCUT2D eigenvalue weighted by atomic mass is 9.97. The molecule has 3 aliphatic heterocycles. The van der Waals surface area contributed by atoms with E-state index in [4.69, 9.17) is 11.6 Å². The number of amides is 3. The van der Waals surface area contributed by atoms with Crippen molar-refractivity contribution in [1.82, 2.24) is 25.0 Å². The van der Waals surface area contributed by atoms with Crippen LogP contribution in [0.15, 0.2) is 17.5 Å². The molecule has 13 heteroatoms. The molecule has 0 bridgehead atoms. The van der Waals surface area contributed by atoms with Crippen LogP contribution in [0.5, 0.6) is 0 Å². The first-order valence-corrected chi connectivity index (χ1v) is 14.9. The van der Waals surface area contributed by atoms with Crippen molar-refractivity contribution in [3.05, 3.63) is 26.8 Å². The Hall–Kier alpha value is -1.99. The summed E-state index contributed by atoms with van der Waals surface area (Å²) < 4.78 is 28.1. The van der Waals surface area contributed by atoms with Crippen LogP contribution in [-0.4, -0.2) is 85.3 Å². The highest BCUT2D eigenvalue weighted by Crippen LogP contribution is 2.30. The maximum Gasteiger partial charge on any atom is 0.259 e. The number of piperidine rings is 1. The highest BCUT2D eigenvalue weighted by molar-refractivity contribution is 7.92. The molecule has 0 unspecified atom stereocenters. The quantitative estimate of drug-likeness (QED) is 0.503. The minimum atomic E-state index is -3.88. The van der Waals surface area contributed by atoms with Gasteiger partial charge in [0.05, 0.1) is 10.9 Å². The van der Waals surface area contributed by atoms with Gasteiger partial charge in [-0.25, -0.2) is 13.4 Å². The average molecular weight is 558 g/mol. The zero-order valence-corrected chi connectivity index (χ0v) is 22.6. The molecule has 198 valence electrons. The summed E-state index contributed by atoms with van der Waals surface area (Å²) in [4.78, 5) is 43.0. The van der Waals surface area contributed by atoms with Gasteiger partial charge in [0.1, 0.15) is 11.6 Å². The van der Waals surface area contributed by atoms with Crippen LogP contribution in [0.4, 0.5) is 0 Å². The molecule has 2 N–H and O–H groups in total. The molecule has 3 aliphatic rings. The molecule has 3 amide bonds. The zero-order valence-electron chi connectivity index (χ0n) is 20.2. The summed E-state index contributed by atoms with van der Waals surface area (Å²) in [5.74, 6) is -0.948. The van der Waals surface area contributed by atoms with Crippen LogP contribution >= 0.6 is 22.9 Å². The number of carbonyl (C=O) groups is 3. The second-order valence-corrected chi connectivity index (χ2v) is 13.0. The van der Waals surface area contributed by atoms with Crippen LogP contribution in [0.25, 0.3) is 6.08 Å². The lowest BCUT2D eigenvalue weighted by Gasteiger charge is -2.38. The van der Waals surface area contributed by atoms with Gasteiger partial charge in [-0.15, -0.1) is 11.3 Å². The van der Waals surface area contributed by atoms with Gasteiger partial charge in [-0.2, -0.15) is 4.72 Å². The average Bonchev–Trinajstić information content (AvgIpc) is 3.57. The van der Waals surface area contributed by atoms with Gasteiger partial charge >= 0.3 is 0 Å². The fourth-order valence-electron chi connectivity index (χ4n) is 4.96. The Balaban J connectivity index is 1.36. The van der Waals surface area contributed by atoms with Crippen molar-refractivity contribution in [2.24, 2.45) is 0 Å². The second kappa shape index (κ2) is 11.2. The molecule has 36 heavy (non-hydrogen) atoms. The maximum absolute atomic E-state index is 13.2. The van der Waals surface area contributed by atoms with Crippen molar-refractivity contribution in [1.29, 1.82) is 0 Å². The number of hydrogen-bond donors (Lipinski definition) is 2. The monoisotopic (exact) mass is 557 g/mol. The highest BCUT2D eigenvalue weighted by atomic mass is 35.5. The Morgan fingerprint density at radius 2 is 1.92 bits per heavy atom. The molecule has 2 atom stereocenters. The number of carbonyl (C=O) groups excluding carboxylic acids is 3. The van der Waals surface area contributed by atoms with Crippen LogP contribution < -0.4 is 10.1 Å². The lowest BCUT2D eigenvalue weighted by molar-refractivity contribution is -0.150. The van der Waals surface area contributed by atoms with E-state index in [-0.39, 0.29) is 18.4 Å². The van der Waals surface area contributed by atoms with Gasteiger partial charge in [0, 0.05) is 36.5 Å². The molecule has 0 radical (unpaired) electrons. The number of halogens is 1. The molecule has 4 rings (SSSR count). The van der Waals surface area contributed by atoms with Crippen LogP contribution in [0, 0.1) is 0 Å². The zero-order chi connectivity index (χ0) is 25.9. The van der Waals surface area contributed by atoms with E-state index in [2.05, 4.69) is 10.1 Å². The molecule has 1 aromatic rings. The van der Waals surface area contributed by atoms with E-state index in [0.29, 0.717) is 48.0 Å². The number of nitrogens with one attached hydrogen (secondary N) is 2. The van der Waals surface area contributed by atoms with Crippen molar-refractivity contribution in [2.75, 3.05) is 32.7 Å². The summed E-state index contributed by atoms with van der Waals surface area (Å²) >= 11 is 7.12. The van der Waals surface area contributed by atoms with Crippen molar-refractivity contribution >= 4 is 56.8 Å². The number of hydrogen-bond acceptors (Lipinski definition) is 7. The van der Waals surface area contributed by atoms with Gasteiger partial charge in [-0.05, 0) is 63.7 Å². The van der Waals surface area contributed by atoms with E-state index in [1.165, 1.54) is 22.3 Å². The van der Waals surface area contributed by atoms with E-state index in [1.54, 1.807) is 24.0 Å². The van der Waals surface area contributed by atoms with Crippen LogP contribution in [0.3, 0.4) is 0 Å². The third-order valence-electron chi connectivity index (χ3n) is 6.97. The smallest absolute Gasteiger partial charge is 0.259 e. The molecule has 3 saturated heterocycles. The third-order valence-corrected chi connectivity index (χ3v) is 9.27. The molecule has 0 aliphatic carbocycles. The van der Waals surface area contributed by atoms with E-state index in [1.807, 2.05) is 5.01 Å². The topological polar surface area (TPSA) is 119 Å². The van der Waals surface area contributed by atoms with E-state index < -0.39 is 27.5 Å². The summed E-state index contributed by atoms with van der Waals surface area (Å²) in [7, 11) is -3.88. The lowest BCUT2D eigenvalue weighted by Crippen LogP contribution is -2.60. The molecule has 0 aromatic carbocycles. The number of likely N-dealkylation sites (tertiary alicyclic amines) is 2. The minimum Gasteiger partial charge on any atom is -0.332 e. The standard InChI is InChI=1S/C23H32ClN5O5S2/c1-23(22(32)25-28-12-2-3-13-28)10-5-14-29(23)20(30)16-27-11-4-6-18(21(27)31)26-36(33,34)15-9-17-7-8-19(24)35-17/h7-9,15,18,26H,2-6,10-14,16H2,1H3,(H,25,32)/b15-9+/t18-,23-/m0/s1. The number of hydrazine groups is 1. The Kier molecular flexibility index (Phi) is 8.40. The van der Waals surface area contributed by atoms with Gasteiger partial charge < -0.3 is 9.80 Å². The summed E-state index contributed by atoms with van der Waals surface area (Å²) in [6.07, 6.45) is 5.64. The molecule has 0 spiro atoms. The van der Waals surface area contributed by atoms with E-state index in [0.717, 1.165) is 31.3 Å². The number of sulfonamides is 1. The van der Waals surface area contributed by atoms with Gasteiger partial charge in [0.2, 0.25) is 21.8 Å². The summed E-state index contributed by atoms with van der Waals surface area (Å²) in [5.41, 5.74) is 1.97. The molecular weight excluding hydrogens is 526 g/mol. The predicted octanol–water partition coefficient (Wildman–Crippen LogP) is 1.79. The first-order valence-electron chi connectivity index (χ1n) is 12.2. The first-order chi connectivity index (χ1) is 17.1. The Morgan fingerprint density at radius 1 is 1.17 bits per heavy atom. The number of thiophene rings is 1. The Bertz CT molecular complexity index is 1130. The first kappa shape index (κ1) is 27.1. The van der Waals surface area contributed by atoms with Crippen LogP contribution in [0.1, 0.15) is 50.3 Å². The number of nitrogens with zero attached hydrogens (tertiary/aromatic N) is 3. The Morgan fingerprint density at radius 3 is 2.61 bits per heavy atom. The maximum atomic E-state index is 13.2. The van der Waals surface area contributed by atoms with Gasteiger partial charge in [0.25, 0.3) is 5.91 Å².